The van der Waals surface area contributed by atoms with E-state index in [1.807, 2.05) is 12.1 Å². The minimum atomic E-state index is -4.70. The van der Waals surface area contributed by atoms with Crippen LogP contribution in [0.2, 0.25) is 0 Å². The second-order valence-corrected chi connectivity index (χ2v) is 5.90. The number of nitrogens with one attached hydrogen (secondary N) is 1. The summed E-state index contributed by atoms with van der Waals surface area (Å²) >= 11 is 0. The third kappa shape index (κ3) is 6.46. The Morgan fingerprint density at radius 2 is 1.37 bits per heavy atom. The van der Waals surface area contributed by atoms with Crippen LogP contribution in [-0.4, -0.2) is 42.5 Å². The van der Waals surface area contributed by atoms with Crippen molar-refractivity contribution in [2.24, 2.45) is 0 Å². The first kappa shape index (κ1) is 23.4. The van der Waals surface area contributed by atoms with Crippen LogP contribution in [0, 0.1) is 0 Å². The molecule has 1 atom stereocenters. The summed E-state index contributed by atoms with van der Waals surface area (Å²) in [6.45, 7) is 3.35. The number of phenolic OH excluding ortho intramolecular Hbond substituents is 1. The summed E-state index contributed by atoms with van der Waals surface area (Å²) in [7, 11) is 0. The van der Waals surface area contributed by atoms with E-state index >= 15 is 0 Å². The lowest BCUT2D eigenvalue weighted by atomic mass is 9.96. The van der Waals surface area contributed by atoms with Crippen molar-refractivity contribution in [1.29, 1.82) is 0 Å². The van der Waals surface area contributed by atoms with Gasteiger partial charge in [0.05, 0.1) is 6.04 Å². The number of piperazine rings is 1. The zero-order chi connectivity index (χ0) is 17.9. The van der Waals surface area contributed by atoms with Crippen molar-refractivity contribution in [2.45, 2.75) is 12.4 Å². The maximum atomic E-state index is 12.3. The summed E-state index contributed by atoms with van der Waals surface area (Å²) in [4.78, 5) is 2.27. The Kier molecular flexibility index (Phi) is 8.68. The number of ether oxygens (including phenoxy) is 1. The van der Waals surface area contributed by atoms with Crippen molar-refractivity contribution in [3.05, 3.63) is 59.7 Å². The lowest BCUT2D eigenvalue weighted by Crippen LogP contribution is -2.45. The molecule has 0 saturated carbocycles. The van der Waals surface area contributed by atoms with Crippen LogP contribution in [0.1, 0.15) is 17.2 Å². The SMILES string of the molecule is Cl.Cl.Oc1ccc([C@H](c2ccc(OC(F)(F)F)cc2)N2CCNCC2)cc1. The first-order valence-electron chi connectivity index (χ1n) is 8.02. The van der Waals surface area contributed by atoms with E-state index in [-0.39, 0.29) is 42.4 Å². The maximum Gasteiger partial charge on any atom is 0.573 e. The molecule has 1 saturated heterocycles. The Bertz CT molecular complexity index is 691. The molecule has 2 aromatic carbocycles. The van der Waals surface area contributed by atoms with Crippen LogP contribution in [0.4, 0.5) is 13.2 Å². The van der Waals surface area contributed by atoms with E-state index in [0.29, 0.717) is 0 Å². The molecule has 1 fully saturated rings. The molecule has 9 heteroatoms. The highest BCUT2D eigenvalue weighted by Crippen LogP contribution is 2.32. The van der Waals surface area contributed by atoms with Gasteiger partial charge < -0.3 is 15.2 Å². The molecule has 4 nitrogen and oxygen atoms in total. The molecule has 0 bridgehead atoms. The topological polar surface area (TPSA) is 44.7 Å². The van der Waals surface area contributed by atoms with Crippen LogP contribution in [0.25, 0.3) is 0 Å². The largest absolute Gasteiger partial charge is 0.573 e. The molecule has 0 unspecified atom stereocenters. The van der Waals surface area contributed by atoms with Gasteiger partial charge in [0.1, 0.15) is 11.5 Å². The number of hydrogen-bond donors (Lipinski definition) is 2. The molecule has 1 heterocycles. The predicted octanol–water partition coefficient (Wildman–Crippen LogP) is 4.13. The highest BCUT2D eigenvalue weighted by Gasteiger charge is 2.31. The van der Waals surface area contributed by atoms with E-state index < -0.39 is 6.36 Å². The number of nitrogens with zero attached hydrogens (tertiary/aromatic N) is 1. The van der Waals surface area contributed by atoms with Gasteiger partial charge in [0, 0.05) is 26.2 Å². The summed E-state index contributed by atoms with van der Waals surface area (Å²) in [5, 5.41) is 12.8. The lowest BCUT2D eigenvalue weighted by molar-refractivity contribution is -0.274. The fourth-order valence-corrected chi connectivity index (χ4v) is 3.06. The fourth-order valence-electron chi connectivity index (χ4n) is 3.06. The Morgan fingerprint density at radius 1 is 0.889 bits per heavy atom. The molecule has 2 N–H and O–H groups in total. The summed E-state index contributed by atoms with van der Waals surface area (Å²) in [6.07, 6.45) is -4.70. The molecule has 2 aromatic rings. The highest BCUT2D eigenvalue weighted by atomic mass is 35.5. The Labute approximate surface area is 168 Å². The average molecular weight is 425 g/mol. The molecule has 0 aliphatic carbocycles. The molecule has 150 valence electrons. The standard InChI is InChI=1S/C18H19F3N2O2.2ClH/c19-18(20,21)25-16-7-3-14(4-8-16)17(23-11-9-22-10-12-23)13-1-5-15(24)6-2-13;;/h1-8,17,22,24H,9-12H2;2*1H/t17-;;/m1../s1. The van der Waals surface area contributed by atoms with Crippen LogP contribution in [0.3, 0.4) is 0 Å². The normalized spacial score (nSPS) is 16.0. The third-order valence-corrected chi connectivity index (χ3v) is 4.15. The second kappa shape index (κ2) is 10.0. The second-order valence-electron chi connectivity index (χ2n) is 5.90. The van der Waals surface area contributed by atoms with E-state index in [1.165, 1.54) is 12.1 Å². The molecular formula is C18H21Cl2F3N2O2. The molecule has 0 radical (unpaired) electrons. The minimum Gasteiger partial charge on any atom is -0.508 e. The zero-order valence-corrected chi connectivity index (χ0v) is 15.9. The van der Waals surface area contributed by atoms with Gasteiger partial charge in [0.2, 0.25) is 0 Å². The summed E-state index contributed by atoms with van der Waals surface area (Å²) in [5.74, 6) is -0.0576. The van der Waals surface area contributed by atoms with Crippen molar-refractivity contribution >= 4 is 24.8 Å². The molecular weight excluding hydrogens is 404 g/mol. The highest BCUT2D eigenvalue weighted by molar-refractivity contribution is 5.85. The van der Waals surface area contributed by atoms with Crippen molar-refractivity contribution < 1.29 is 23.0 Å². The van der Waals surface area contributed by atoms with Crippen LogP contribution >= 0.6 is 24.8 Å². The van der Waals surface area contributed by atoms with Gasteiger partial charge in [-0.2, -0.15) is 0 Å². The third-order valence-electron chi connectivity index (χ3n) is 4.15. The molecule has 1 aliphatic heterocycles. The van der Waals surface area contributed by atoms with E-state index in [4.69, 9.17) is 0 Å². The molecule has 3 rings (SSSR count). The molecule has 27 heavy (non-hydrogen) atoms. The van der Waals surface area contributed by atoms with Crippen molar-refractivity contribution in [2.75, 3.05) is 26.2 Å². The van der Waals surface area contributed by atoms with Gasteiger partial charge in [-0.25, -0.2) is 0 Å². The van der Waals surface area contributed by atoms with Gasteiger partial charge in [-0.3, -0.25) is 4.90 Å². The Morgan fingerprint density at radius 3 is 1.85 bits per heavy atom. The zero-order valence-electron chi connectivity index (χ0n) is 14.3. The van der Waals surface area contributed by atoms with Crippen molar-refractivity contribution in [1.82, 2.24) is 10.2 Å². The van der Waals surface area contributed by atoms with Gasteiger partial charge in [-0.15, -0.1) is 38.0 Å². The smallest absolute Gasteiger partial charge is 0.508 e. The van der Waals surface area contributed by atoms with Gasteiger partial charge in [-0.1, -0.05) is 24.3 Å². The minimum absolute atomic E-state index is 0. The van der Waals surface area contributed by atoms with Crippen LogP contribution in [-0.2, 0) is 0 Å². The van der Waals surface area contributed by atoms with Crippen LogP contribution < -0.4 is 10.1 Å². The molecule has 0 aromatic heterocycles. The van der Waals surface area contributed by atoms with Gasteiger partial charge in [-0.05, 0) is 35.4 Å². The quantitative estimate of drug-likeness (QED) is 0.774. The van der Waals surface area contributed by atoms with Crippen LogP contribution in [0.5, 0.6) is 11.5 Å². The molecule has 1 aliphatic rings. The summed E-state index contributed by atoms with van der Waals surface area (Å²) in [5.41, 5.74) is 1.85. The maximum absolute atomic E-state index is 12.3. The van der Waals surface area contributed by atoms with E-state index in [1.54, 1.807) is 24.3 Å². The van der Waals surface area contributed by atoms with Gasteiger partial charge in [0.15, 0.2) is 0 Å². The monoisotopic (exact) mass is 424 g/mol. The fraction of sp³-hybridized carbons (Fsp3) is 0.333. The van der Waals surface area contributed by atoms with E-state index in [0.717, 1.165) is 37.3 Å². The number of hydrogen-bond acceptors (Lipinski definition) is 4. The Balaban J connectivity index is 0.00000182. The molecule has 0 amide bonds. The predicted molar refractivity (Wildman–Crippen MR) is 102 cm³/mol. The number of phenols is 1. The lowest BCUT2D eigenvalue weighted by Gasteiger charge is -2.35. The number of alkyl halides is 3. The first-order chi connectivity index (χ1) is 11.9. The summed E-state index contributed by atoms with van der Waals surface area (Å²) < 4.78 is 40.9. The van der Waals surface area contributed by atoms with Gasteiger partial charge in [0.25, 0.3) is 0 Å². The van der Waals surface area contributed by atoms with E-state index in [9.17, 15) is 18.3 Å². The van der Waals surface area contributed by atoms with Gasteiger partial charge >= 0.3 is 6.36 Å². The van der Waals surface area contributed by atoms with Crippen LogP contribution in [0.15, 0.2) is 48.5 Å². The summed E-state index contributed by atoms with van der Waals surface area (Å²) in [6, 6.07) is 12.8. The number of benzene rings is 2. The number of halogens is 5. The average Bonchev–Trinajstić information content (AvgIpc) is 2.58. The van der Waals surface area contributed by atoms with E-state index in [2.05, 4.69) is 15.0 Å². The first-order valence-corrected chi connectivity index (χ1v) is 8.02. The Hall–Kier alpha value is -1.67. The number of rotatable bonds is 4. The van der Waals surface area contributed by atoms with Crippen molar-refractivity contribution in [3.63, 3.8) is 0 Å². The van der Waals surface area contributed by atoms with Crippen molar-refractivity contribution in [3.8, 4) is 11.5 Å². The molecule has 0 spiro atoms. The number of aromatic hydroxyl groups is 1.